The number of rotatable bonds is 5. The van der Waals surface area contributed by atoms with E-state index in [1.165, 1.54) is 0 Å². The highest BCUT2D eigenvalue weighted by Gasteiger charge is 2.32. The van der Waals surface area contributed by atoms with Gasteiger partial charge in [-0.2, -0.15) is 0 Å². The molecule has 0 saturated carbocycles. The highest BCUT2D eigenvalue weighted by atomic mass is 16.5. The second-order valence-electron chi connectivity index (χ2n) is 4.64. The molecule has 0 unspecified atom stereocenters. The molecule has 1 fully saturated rings. The van der Waals surface area contributed by atoms with Gasteiger partial charge < -0.3 is 19.9 Å². The van der Waals surface area contributed by atoms with Crippen LogP contribution in [0.4, 0.5) is 0 Å². The molecule has 1 aromatic carbocycles. The predicted molar refractivity (Wildman–Crippen MR) is 70.3 cm³/mol. The Morgan fingerprint density at radius 3 is 3.00 bits per heavy atom. The minimum absolute atomic E-state index is 0.187. The van der Waals surface area contributed by atoms with Gasteiger partial charge in [-0.1, -0.05) is 12.1 Å². The van der Waals surface area contributed by atoms with Gasteiger partial charge in [-0.3, -0.25) is 4.79 Å². The van der Waals surface area contributed by atoms with Crippen LogP contribution in [0.2, 0.25) is 0 Å². The van der Waals surface area contributed by atoms with Gasteiger partial charge in [-0.15, -0.1) is 0 Å². The number of nitrogens with one attached hydrogen (secondary N) is 1. The number of aliphatic hydroxyl groups is 1. The molecule has 2 rings (SSSR count). The van der Waals surface area contributed by atoms with Crippen molar-refractivity contribution in [2.45, 2.75) is 18.9 Å². The number of amides is 1. The minimum atomic E-state index is -0.948. The van der Waals surface area contributed by atoms with E-state index in [1.807, 2.05) is 13.0 Å². The van der Waals surface area contributed by atoms with Gasteiger partial charge in [0.2, 0.25) is 0 Å². The lowest BCUT2D eigenvalue weighted by atomic mass is 10.0. The summed E-state index contributed by atoms with van der Waals surface area (Å²) in [5.74, 6) is 0.307. The maximum Gasteiger partial charge on any atom is 0.255 e. The van der Waals surface area contributed by atoms with Crippen molar-refractivity contribution in [3.63, 3.8) is 0 Å². The molecule has 0 spiro atoms. The number of carbonyl (C=O) groups excluding carboxylic acids is 1. The minimum Gasteiger partial charge on any atom is -0.493 e. The fourth-order valence-corrected chi connectivity index (χ4v) is 2.01. The number of ether oxygens (including phenoxy) is 2. The van der Waals surface area contributed by atoms with Crippen molar-refractivity contribution in [1.29, 1.82) is 0 Å². The van der Waals surface area contributed by atoms with Crippen molar-refractivity contribution >= 4 is 5.91 Å². The van der Waals surface area contributed by atoms with E-state index >= 15 is 0 Å². The van der Waals surface area contributed by atoms with Crippen LogP contribution in [0.5, 0.6) is 5.75 Å². The van der Waals surface area contributed by atoms with Crippen LogP contribution in [-0.4, -0.2) is 43.0 Å². The van der Waals surface area contributed by atoms with Crippen LogP contribution in [0.15, 0.2) is 24.3 Å². The van der Waals surface area contributed by atoms with Crippen molar-refractivity contribution in [3.8, 4) is 5.75 Å². The first-order chi connectivity index (χ1) is 9.14. The van der Waals surface area contributed by atoms with Gasteiger partial charge in [-0.25, -0.2) is 0 Å². The lowest BCUT2D eigenvalue weighted by molar-refractivity contribution is 0.0264. The maximum absolute atomic E-state index is 12.1. The Bertz CT molecular complexity index is 441. The molecule has 0 bridgehead atoms. The van der Waals surface area contributed by atoms with Gasteiger partial charge in [0.1, 0.15) is 11.4 Å². The summed E-state index contributed by atoms with van der Waals surface area (Å²) in [6.07, 6.45) is 0.542. The predicted octanol–water partition coefficient (Wildman–Crippen LogP) is 0.967. The maximum atomic E-state index is 12.1. The van der Waals surface area contributed by atoms with Crippen molar-refractivity contribution in [2.24, 2.45) is 0 Å². The zero-order valence-corrected chi connectivity index (χ0v) is 11.0. The van der Waals surface area contributed by atoms with Crippen LogP contribution in [0.25, 0.3) is 0 Å². The first kappa shape index (κ1) is 13.8. The summed E-state index contributed by atoms with van der Waals surface area (Å²) in [4.78, 5) is 12.1. The first-order valence-corrected chi connectivity index (χ1v) is 6.45. The monoisotopic (exact) mass is 265 g/mol. The van der Waals surface area contributed by atoms with Gasteiger partial charge in [-0.05, 0) is 19.1 Å². The molecule has 1 heterocycles. The van der Waals surface area contributed by atoms with Gasteiger partial charge in [0.25, 0.3) is 5.91 Å². The zero-order chi connectivity index (χ0) is 13.7. The van der Waals surface area contributed by atoms with Crippen molar-refractivity contribution in [1.82, 2.24) is 5.32 Å². The summed E-state index contributed by atoms with van der Waals surface area (Å²) in [6.45, 7) is 3.35. The Labute approximate surface area is 112 Å². The highest BCUT2D eigenvalue weighted by Crippen LogP contribution is 2.20. The number of hydrogen-bond acceptors (Lipinski definition) is 4. The summed E-state index contributed by atoms with van der Waals surface area (Å²) in [5.41, 5.74) is -0.470. The average molecular weight is 265 g/mol. The third-order valence-corrected chi connectivity index (χ3v) is 3.09. The molecule has 1 aliphatic heterocycles. The summed E-state index contributed by atoms with van der Waals surface area (Å²) in [7, 11) is 0. The summed E-state index contributed by atoms with van der Waals surface area (Å²) in [6, 6.07) is 7.06. The van der Waals surface area contributed by atoms with Crippen LogP contribution in [0, 0.1) is 0 Å². The van der Waals surface area contributed by atoms with Crippen LogP contribution in [0.1, 0.15) is 23.7 Å². The van der Waals surface area contributed by atoms with E-state index in [0.29, 0.717) is 30.9 Å². The molecule has 104 valence electrons. The fourth-order valence-electron chi connectivity index (χ4n) is 2.01. The molecule has 1 amide bonds. The topological polar surface area (TPSA) is 67.8 Å². The zero-order valence-electron chi connectivity index (χ0n) is 11.0. The van der Waals surface area contributed by atoms with Crippen molar-refractivity contribution in [3.05, 3.63) is 29.8 Å². The number of carbonyl (C=O) groups is 1. The Morgan fingerprint density at radius 2 is 2.32 bits per heavy atom. The molecular weight excluding hydrogens is 246 g/mol. The van der Waals surface area contributed by atoms with Crippen LogP contribution in [-0.2, 0) is 4.74 Å². The molecule has 2 N–H and O–H groups in total. The molecule has 5 heteroatoms. The molecule has 1 aliphatic rings. The Kier molecular flexibility index (Phi) is 4.39. The van der Waals surface area contributed by atoms with Crippen LogP contribution in [0.3, 0.4) is 0 Å². The van der Waals surface area contributed by atoms with Crippen molar-refractivity contribution < 1.29 is 19.4 Å². The van der Waals surface area contributed by atoms with E-state index in [9.17, 15) is 9.90 Å². The molecule has 0 radical (unpaired) electrons. The Balaban J connectivity index is 1.99. The lowest BCUT2D eigenvalue weighted by Crippen LogP contribution is -2.43. The van der Waals surface area contributed by atoms with Gasteiger partial charge in [0, 0.05) is 19.6 Å². The van der Waals surface area contributed by atoms with Gasteiger partial charge in [0.15, 0.2) is 0 Å². The molecule has 0 aromatic heterocycles. The van der Waals surface area contributed by atoms with Crippen molar-refractivity contribution in [2.75, 3.05) is 26.4 Å². The standard InChI is InChI=1S/C14H19NO4/c1-2-19-12-6-4-3-5-11(12)13(16)15-9-14(17)7-8-18-10-14/h3-6,17H,2,7-10H2,1H3,(H,15,16)/t14-/m1/s1. The third-order valence-electron chi connectivity index (χ3n) is 3.09. The van der Waals surface area contributed by atoms with E-state index < -0.39 is 5.60 Å². The second kappa shape index (κ2) is 6.04. The average Bonchev–Trinajstić information content (AvgIpc) is 2.85. The normalized spacial score (nSPS) is 22.2. The molecule has 19 heavy (non-hydrogen) atoms. The molecule has 0 aliphatic carbocycles. The van der Waals surface area contributed by atoms with Crippen LogP contribution >= 0.6 is 0 Å². The Morgan fingerprint density at radius 1 is 1.53 bits per heavy atom. The summed E-state index contributed by atoms with van der Waals surface area (Å²) < 4.78 is 10.5. The smallest absolute Gasteiger partial charge is 0.255 e. The Hall–Kier alpha value is -1.59. The number of benzene rings is 1. The molecular formula is C14H19NO4. The highest BCUT2D eigenvalue weighted by molar-refractivity contribution is 5.96. The number of hydrogen-bond donors (Lipinski definition) is 2. The molecule has 5 nitrogen and oxygen atoms in total. The quantitative estimate of drug-likeness (QED) is 0.832. The molecule has 1 atom stereocenters. The lowest BCUT2D eigenvalue weighted by Gasteiger charge is -2.21. The first-order valence-electron chi connectivity index (χ1n) is 6.45. The van der Waals surface area contributed by atoms with E-state index in [-0.39, 0.29) is 19.1 Å². The van der Waals surface area contributed by atoms with E-state index in [4.69, 9.17) is 9.47 Å². The summed E-state index contributed by atoms with van der Waals surface area (Å²) in [5, 5.41) is 12.8. The van der Waals surface area contributed by atoms with Gasteiger partial charge in [0.05, 0.1) is 18.8 Å². The van der Waals surface area contributed by atoms with E-state index in [1.54, 1.807) is 18.2 Å². The van der Waals surface area contributed by atoms with E-state index in [2.05, 4.69) is 5.32 Å². The van der Waals surface area contributed by atoms with Gasteiger partial charge >= 0.3 is 0 Å². The van der Waals surface area contributed by atoms with Crippen LogP contribution < -0.4 is 10.1 Å². The molecule has 1 aromatic rings. The largest absolute Gasteiger partial charge is 0.493 e. The summed E-state index contributed by atoms with van der Waals surface area (Å²) >= 11 is 0. The number of para-hydroxylation sites is 1. The fraction of sp³-hybridized carbons (Fsp3) is 0.500. The SMILES string of the molecule is CCOc1ccccc1C(=O)NC[C@]1(O)CCOC1. The third kappa shape index (κ3) is 3.45. The van der Waals surface area contributed by atoms with E-state index in [0.717, 1.165) is 0 Å². The molecule has 1 saturated heterocycles. The second-order valence-corrected chi connectivity index (χ2v) is 4.64.